The van der Waals surface area contributed by atoms with E-state index in [-0.39, 0.29) is 24.2 Å². The number of nitrogens with zero attached hydrogens (tertiary/aromatic N) is 2. The Labute approximate surface area is 155 Å². The van der Waals surface area contributed by atoms with Crippen LogP contribution in [0.5, 0.6) is 0 Å². The molecule has 0 aliphatic carbocycles. The fourth-order valence-electron chi connectivity index (χ4n) is 3.26. The standard InChI is InChI=1S/C18H22ClF3N2O2/c1-3-13-6-4-5-9-23(13)17(26)11-24(12(2)25)14-7-8-16(19)15(10-14)18(20,21)22/h7-8,10,13H,3-6,9,11H2,1-2H3. The Balaban J connectivity index is 2.27. The predicted molar refractivity (Wildman–Crippen MR) is 94.1 cm³/mol. The average Bonchev–Trinajstić information content (AvgIpc) is 2.58. The second-order valence-corrected chi connectivity index (χ2v) is 6.82. The van der Waals surface area contributed by atoms with Crippen molar-refractivity contribution in [1.29, 1.82) is 0 Å². The molecule has 1 aromatic rings. The fourth-order valence-corrected chi connectivity index (χ4v) is 3.49. The number of alkyl halides is 3. The molecule has 144 valence electrons. The van der Waals surface area contributed by atoms with Gasteiger partial charge in [0.15, 0.2) is 0 Å². The number of amides is 2. The molecule has 2 rings (SSSR count). The monoisotopic (exact) mass is 390 g/mol. The van der Waals surface area contributed by atoms with Gasteiger partial charge in [-0.2, -0.15) is 13.2 Å². The predicted octanol–water partition coefficient (Wildman–Crippen LogP) is 4.50. The van der Waals surface area contributed by atoms with Gasteiger partial charge in [0.25, 0.3) is 0 Å². The van der Waals surface area contributed by atoms with Crippen LogP contribution < -0.4 is 4.90 Å². The number of likely N-dealkylation sites (tertiary alicyclic amines) is 1. The molecule has 0 saturated carbocycles. The number of anilines is 1. The maximum absolute atomic E-state index is 13.1. The van der Waals surface area contributed by atoms with Gasteiger partial charge in [0, 0.05) is 25.2 Å². The van der Waals surface area contributed by atoms with Gasteiger partial charge >= 0.3 is 6.18 Å². The van der Waals surface area contributed by atoms with E-state index in [1.54, 1.807) is 4.90 Å². The van der Waals surface area contributed by atoms with Crippen molar-refractivity contribution in [3.8, 4) is 0 Å². The molecule has 1 aliphatic heterocycles. The van der Waals surface area contributed by atoms with Crippen LogP contribution in [0.1, 0.15) is 45.1 Å². The summed E-state index contributed by atoms with van der Waals surface area (Å²) in [6.45, 7) is 3.54. The molecule has 8 heteroatoms. The zero-order valence-corrected chi connectivity index (χ0v) is 15.5. The summed E-state index contributed by atoms with van der Waals surface area (Å²) in [5, 5.41) is -0.446. The Morgan fingerprint density at radius 3 is 2.58 bits per heavy atom. The highest BCUT2D eigenvalue weighted by molar-refractivity contribution is 6.31. The van der Waals surface area contributed by atoms with Crippen LogP contribution in [0.15, 0.2) is 18.2 Å². The van der Waals surface area contributed by atoms with E-state index >= 15 is 0 Å². The zero-order chi connectivity index (χ0) is 19.5. The van der Waals surface area contributed by atoms with Crippen LogP contribution in [-0.2, 0) is 15.8 Å². The summed E-state index contributed by atoms with van der Waals surface area (Å²) >= 11 is 5.63. The number of hydrogen-bond acceptors (Lipinski definition) is 2. The summed E-state index contributed by atoms with van der Waals surface area (Å²) < 4.78 is 39.2. The van der Waals surface area contributed by atoms with E-state index in [1.165, 1.54) is 13.0 Å². The maximum Gasteiger partial charge on any atom is 0.417 e. The van der Waals surface area contributed by atoms with Crippen LogP contribution >= 0.6 is 11.6 Å². The molecule has 1 aromatic carbocycles. The number of benzene rings is 1. The van der Waals surface area contributed by atoms with Crippen molar-refractivity contribution < 1.29 is 22.8 Å². The molecule has 1 fully saturated rings. The summed E-state index contributed by atoms with van der Waals surface area (Å²) in [4.78, 5) is 27.5. The molecule has 1 unspecified atom stereocenters. The number of rotatable bonds is 4. The van der Waals surface area contributed by atoms with Crippen LogP contribution in [0.2, 0.25) is 5.02 Å². The fraction of sp³-hybridized carbons (Fsp3) is 0.556. The number of carbonyl (C=O) groups excluding carboxylic acids is 2. The highest BCUT2D eigenvalue weighted by Crippen LogP contribution is 2.37. The van der Waals surface area contributed by atoms with Gasteiger partial charge in [0.2, 0.25) is 11.8 Å². The normalized spacial score (nSPS) is 17.9. The zero-order valence-electron chi connectivity index (χ0n) is 14.8. The molecule has 4 nitrogen and oxygen atoms in total. The van der Waals surface area contributed by atoms with Crippen molar-refractivity contribution in [2.75, 3.05) is 18.0 Å². The average molecular weight is 391 g/mol. The number of carbonyl (C=O) groups is 2. The lowest BCUT2D eigenvalue weighted by molar-refractivity contribution is -0.137. The van der Waals surface area contributed by atoms with E-state index in [4.69, 9.17) is 11.6 Å². The van der Waals surface area contributed by atoms with E-state index in [0.717, 1.165) is 42.7 Å². The van der Waals surface area contributed by atoms with Crippen LogP contribution in [0, 0.1) is 0 Å². The van der Waals surface area contributed by atoms with Crippen molar-refractivity contribution in [3.05, 3.63) is 28.8 Å². The van der Waals surface area contributed by atoms with Crippen molar-refractivity contribution in [2.45, 2.75) is 51.7 Å². The molecule has 0 N–H and O–H groups in total. The Morgan fingerprint density at radius 1 is 1.31 bits per heavy atom. The van der Waals surface area contributed by atoms with Gasteiger partial charge < -0.3 is 9.80 Å². The Morgan fingerprint density at radius 2 is 2.00 bits per heavy atom. The summed E-state index contributed by atoms with van der Waals surface area (Å²) in [6.07, 6.45) is -0.988. The second kappa shape index (κ2) is 8.29. The first-order valence-electron chi connectivity index (χ1n) is 8.59. The molecule has 1 saturated heterocycles. The molecule has 0 radical (unpaired) electrons. The number of hydrogen-bond donors (Lipinski definition) is 0. The second-order valence-electron chi connectivity index (χ2n) is 6.41. The lowest BCUT2D eigenvalue weighted by Crippen LogP contribution is -2.48. The quantitative estimate of drug-likeness (QED) is 0.759. The smallest absolute Gasteiger partial charge is 0.338 e. The van der Waals surface area contributed by atoms with E-state index in [1.807, 2.05) is 6.92 Å². The largest absolute Gasteiger partial charge is 0.417 e. The first-order valence-corrected chi connectivity index (χ1v) is 8.97. The van der Waals surface area contributed by atoms with E-state index < -0.39 is 22.7 Å². The van der Waals surface area contributed by atoms with Crippen molar-refractivity contribution in [3.63, 3.8) is 0 Å². The third-order valence-corrected chi connectivity index (χ3v) is 4.99. The minimum absolute atomic E-state index is 0.00707. The first kappa shape index (κ1) is 20.6. The molecule has 0 spiro atoms. The van der Waals surface area contributed by atoms with E-state index in [0.29, 0.717) is 6.54 Å². The third-order valence-electron chi connectivity index (χ3n) is 4.66. The lowest BCUT2D eigenvalue weighted by Gasteiger charge is -2.36. The van der Waals surface area contributed by atoms with E-state index in [9.17, 15) is 22.8 Å². The lowest BCUT2D eigenvalue weighted by atomic mass is 10.00. The van der Waals surface area contributed by atoms with Crippen LogP contribution in [-0.4, -0.2) is 35.8 Å². The summed E-state index contributed by atoms with van der Waals surface area (Å²) in [5.74, 6) is -0.755. The summed E-state index contributed by atoms with van der Waals surface area (Å²) in [6, 6.07) is 3.33. The van der Waals surface area contributed by atoms with Crippen LogP contribution in [0.4, 0.5) is 18.9 Å². The van der Waals surface area contributed by atoms with E-state index in [2.05, 4.69) is 0 Å². The third kappa shape index (κ3) is 4.69. The van der Waals surface area contributed by atoms with Gasteiger partial charge in [-0.3, -0.25) is 9.59 Å². The topological polar surface area (TPSA) is 40.6 Å². The van der Waals surface area contributed by atoms with Gasteiger partial charge in [-0.1, -0.05) is 18.5 Å². The van der Waals surface area contributed by atoms with Crippen molar-refractivity contribution >= 4 is 29.1 Å². The molecular weight excluding hydrogens is 369 g/mol. The molecule has 1 aliphatic rings. The molecular formula is C18H22ClF3N2O2. The SMILES string of the molecule is CCC1CCCCN1C(=O)CN(C(C)=O)c1ccc(Cl)c(C(F)(F)F)c1. The van der Waals surface area contributed by atoms with Gasteiger partial charge in [0.05, 0.1) is 10.6 Å². The molecule has 1 heterocycles. The van der Waals surface area contributed by atoms with Gasteiger partial charge in [-0.05, 0) is 43.9 Å². The maximum atomic E-state index is 13.1. The van der Waals surface area contributed by atoms with Crippen molar-refractivity contribution in [1.82, 2.24) is 4.90 Å². The number of halogens is 4. The highest BCUT2D eigenvalue weighted by Gasteiger charge is 2.34. The molecule has 26 heavy (non-hydrogen) atoms. The summed E-state index contributed by atoms with van der Waals surface area (Å²) in [5.41, 5.74) is -1.02. The van der Waals surface area contributed by atoms with Gasteiger partial charge in [-0.15, -0.1) is 0 Å². The minimum atomic E-state index is -4.64. The van der Waals surface area contributed by atoms with Crippen LogP contribution in [0.3, 0.4) is 0 Å². The minimum Gasteiger partial charge on any atom is -0.338 e. The molecule has 2 amide bonds. The Hall–Kier alpha value is -1.76. The molecule has 0 aromatic heterocycles. The first-order chi connectivity index (χ1) is 12.1. The molecule has 0 bridgehead atoms. The van der Waals surface area contributed by atoms with Crippen LogP contribution in [0.25, 0.3) is 0 Å². The van der Waals surface area contributed by atoms with Crippen molar-refractivity contribution in [2.24, 2.45) is 0 Å². The van der Waals surface area contributed by atoms with Gasteiger partial charge in [0.1, 0.15) is 6.54 Å². The Bertz CT molecular complexity index is 679. The Kier molecular flexibility index (Phi) is 6.55. The molecule has 1 atom stereocenters. The van der Waals surface area contributed by atoms with Gasteiger partial charge in [-0.25, -0.2) is 0 Å². The number of piperidine rings is 1. The summed E-state index contributed by atoms with van der Waals surface area (Å²) in [7, 11) is 0. The highest BCUT2D eigenvalue weighted by atomic mass is 35.5.